The van der Waals surface area contributed by atoms with Crippen LogP contribution in [0.5, 0.6) is 0 Å². The molecule has 0 saturated carbocycles. The third-order valence-corrected chi connectivity index (χ3v) is 1.81. The maximum Gasteiger partial charge on any atom is 0.161 e. The SMILES string of the molecule is CC(=O)c1cnc2[nH]ccc2c1. The van der Waals surface area contributed by atoms with E-state index >= 15 is 0 Å². The Morgan fingerprint density at radius 2 is 2.42 bits per heavy atom. The van der Waals surface area contributed by atoms with Crippen molar-refractivity contribution in [3.05, 3.63) is 30.1 Å². The lowest BCUT2D eigenvalue weighted by molar-refractivity contribution is 0.101. The van der Waals surface area contributed by atoms with Crippen molar-refractivity contribution in [2.45, 2.75) is 6.92 Å². The molecule has 1 N–H and O–H groups in total. The van der Waals surface area contributed by atoms with Crippen molar-refractivity contribution in [2.75, 3.05) is 0 Å². The molecular formula is C9H8N2O. The van der Waals surface area contributed by atoms with E-state index in [1.165, 1.54) is 6.92 Å². The predicted octanol–water partition coefficient (Wildman–Crippen LogP) is 1.77. The van der Waals surface area contributed by atoms with Crippen LogP contribution in [0.2, 0.25) is 0 Å². The number of carbonyl (C=O) groups excluding carboxylic acids is 1. The Hall–Kier alpha value is -1.64. The second-order valence-corrected chi connectivity index (χ2v) is 2.70. The number of rotatable bonds is 1. The van der Waals surface area contributed by atoms with Crippen LogP contribution in [0, 0.1) is 0 Å². The van der Waals surface area contributed by atoms with E-state index in [9.17, 15) is 4.79 Å². The molecule has 60 valence electrons. The average Bonchev–Trinajstić information content (AvgIpc) is 2.49. The zero-order valence-corrected chi connectivity index (χ0v) is 6.66. The van der Waals surface area contributed by atoms with E-state index in [0.717, 1.165) is 11.0 Å². The normalized spacial score (nSPS) is 10.4. The van der Waals surface area contributed by atoms with Gasteiger partial charge >= 0.3 is 0 Å². The summed E-state index contributed by atoms with van der Waals surface area (Å²) in [5.74, 6) is 0.0469. The Morgan fingerprint density at radius 1 is 1.58 bits per heavy atom. The van der Waals surface area contributed by atoms with E-state index in [-0.39, 0.29) is 5.78 Å². The molecule has 2 heterocycles. The third kappa shape index (κ3) is 0.993. The number of fused-ring (bicyclic) bond motifs is 1. The lowest BCUT2D eigenvalue weighted by atomic mass is 10.2. The van der Waals surface area contributed by atoms with Gasteiger partial charge in [0.25, 0.3) is 0 Å². The number of Topliss-reactive ketones (excluding diaryl/α,β-unsaturated/α-hetero) is 1. The monoisotopic (exact) mass is 160 g/mol. The van der Waals surface area contributed by atoms with Crippen LogP contribution < -0.4 is 0 Å². The number of nitrogens with one attached hydrogen (secondary N) is 1. The Morgan fingerprint density at radius 3 is 3.17 bits per heavy atom. The van der Waals surface area contributed by atoms with Crippen LogP contribution in [0.15, 0.2) is 24.5 Å². The number of H-pyrrole nitrogens is 1. The van der Waals surface area contributed by atoms with Crippen LogP contribution in [0.3, 0.4) is 0 Å². The summed E-state index contributed by atoms with van der Waals surface area (Å²) in [6, 6.07) is 3.73. The maximum absolute atomic E-state index is 11.0. The number of ketones is 1. The van der Waals surface area contributed by atoms with Gasteiger partial charge in [0.2, 0.25) is 0 Å². The van der Waals surface area contributed by atoms with Gasteiger partial charge in [-0.15, -0.1) is 0 Å². The minimum Gasteiger partial charge on any atom is -0.346 e. The molecule has 3 nitrogen and oxygen atoms in total. The maximum atomic E-state index is 11.0. The summed E-state index contributed by atoms with van der Waals surface area (Å²) >= 11 is 0. The fourth-order valence-electron chi connectivity index (χ4n) is 1.13. The van der Waals surface area contributed by atoms with Gasteiger partial charge in [0, 0.05) is 23.3 Å². The highest BCUT2D eigenvalue weighted by atomic mass is 16.1. The van der Waals surface area contributed by atoms with Crippen molar-refractivity contribution in [1.29, 1.82) is 0 Å². The Labute approximate surface area is 69.4 Å². The lowest BCUT2D eigenvalue weighted by Gasteiger charge is -1.93. The van der Waals surface area contributed by atoms with Gasteiger partial charge in [0.15, 0.2) is 5.78 Å². The van der Waals surface area contributed by atoms with Crippen molar-refractivity contribution in [2.24, 2.45) is 0 Å². The Balaban J connectivity index is 2.68. The zero-order chi connectivity index (χ0) is 8.55. The standard InChI is InChI=1S/C9H8N2O/c1-6(12)8-4-7-2-3-10-9(7)11-5-8/h2-5H,1H3,(H,10,11). The molecule has 0 atom stereocenters. The predicted molar refractivity (Wildman–Crippen MR) is 46.1 cm³/mol. The van der Waals surface area contributed by atoms with Crippen LogP contribution in [-0.2, 0) is 0 Å². The molecule has 0 radical (unpaired) electrons. The zero-order valence-electron chi connectivity index (χ0n) is 6.66. The first-order chi connectivity index (χ1) is 5.77. The van der Waals surface area contributed by atoms with Crippen molar-refractivity contribution < 1.29 is 4.79 Å². The first kappa shape index (κ1) is 7.03. The number of carbonyl (C=O) groups is 1. The number of hydrogen-bond donors (Lipinski definition) is 1. The van der Waals surface area contributed by atoms with Crippen LogP contribution in [-0.4, -0.2) is 15.8 Å². The molecule has 0 unspecified atom stereocenters. The van der Waals surface area contributed by atoms with E-state index in [2.05, 4.69) is 9.97 Å². The van der Waals surface area contributed by atoms with Gasteiger partial charge in [-0.1, -0.05) is 0 Å². The molecule has 0 aliphatic heterocycles. The summed E-state index contributed by atoms with van der Waals surface area (Å²) in [5, 5.41) is 0.975. The Kier molecular flexibility index (Phi) is 1.43. The van der Waals surface area contributed by atoms with E-state index in [0.29, 0.717) is 5.56 Å². The summed E-state index contributed by atoms with van der Waals surface area (Å²) in [6.07, 6.45) is 3.39. The van der Waals surface area contributed by atoms with Crippen LogP contribution >= 0.6 is 0 Å². The number of aromatic amines is 1. The first-order valence-electron chi connectivity index (χ1n) is 3.71. The molecule has 2 aromatic heterocycles. The minimum atomic E-state index is 0.0469. The van der Waals surface area contributed by atoms with Crippen molar-refractivity contribution in [3.63, 3.8) is 0 Å². The van der Waals surface area contributed by atoms with E-state index in [1.807, 2.05) is 18.3 Å². The van der Waals surface area contributed by atoms with E-state index in [4.69, 9.17) is 0 Å². The molecule has 0 fully saturated rings. The van der Waals surface area contributed by atoms with Crippen molar-refractivity contribution in [3.8, 4) is 0 Å². The molecule has 0 spiro atoms. The number of pyridine rings is 1. The summed E-state index contributed by atoms with van der Waals surface area (Å²) in [6.45, 7) is 1.54. The van der Waals surface area contributed by atoms with Crippen LogP contribution in [0.1, 0.15) is 17.3 Å². The number of nitrogens with zero attached hydrogens (tertiary/aromatic N) is 1. The van der Waals surface area contributed by atoms with Gasteiger partial charge in [0.1, 0.15) is 5.65 Å². The second kappa shape index (κ2) is 2.44. The largest absolute Gasteiger partial charge is 0.346 e. The molecule has 0 aliphatic rings. The molecule has 12 heavy (non-hydrogen) atoms. The molecule has 0 saturated heterocycles. The summed E-state index contributed by atoms with van der Waals surface area (Å²) in [7, 11) is 0. The van der Waals surface area contributed by atoms with Gasteiger partial charge in [-0.05, 0) is 19.1 Å². The Bertz CT molecular complexity index is 431. The highest BCUT2D eigenvalue weighted by Crippen LogP contribution is 2.11. The molecule has 0 aromatic carbocycles. The van der Waals surface area contributed by atoms with Gasteiger partial charge in [-0.25, -0.2) is 4.98 Å². The van der Waals surface area contributed by atoms with Gasteiger partial charge in [-0.2, -0.15) is 0 Å². The van der Waals surface area contributed by atoms with Crippen molar-refractivity contribution >= 4 is 16.8 Å². The highest BCUT2D eigenvalue weighted by molar-refractivity contribution is 5.96. The molecule has 2 aromatic rings. The topological polar surface area (TPSA) is 45.8 Å². The second-order valence-electron chi connectivity index (χ2n) is 2.70. The van der Waals surface area contributed by atoms with Crippen molar-refractivity contribution in [1.82, 2.24) is 9.97 Å². The summed E-state index contributed by atoms with van der Waals surface area (Å²) < 4.78 is 0. The molecule has 3 heteroatoms. The lowest BCUT2D eigenvalue weighted by Crippen LogP contribution is -1.92. The van der Waals surface area contributed by atoms with Crippen LogP contribution in [0.25, 0.3) is 11.0 Å². The smallest absolute Gasteiger partial charge is 0.161 e. The molecule has 0 bridgehead atoms. The van der Waals surface area contributed by atoms with Gasteiger partial charge in [-0.3, -0.25) is 4.79 Å². The quantitative estimate of drug-likeness (QED) is 0.646. The van der Waals surface area contributed by atoms with Gasteiger partial charge < -0.3 is 4.98 Å². The molecule has 2 rings (SSSR count). The molecule has 0 aliphatic carbocycles. The fourth-order valence-corrected chi connectivity index (χ4v) is 1.13. The number of hydrogen-bond acceptors (Lipinski definition) is 2. The average molecular weight is 160 g/mol. The number of aromatic nitrogens is 2. The van der Waals surface area contributed by atoms with E-state index in [1.54, 1.807) is 6.20 Å². The highest BCUT2D eigenvalue weighted by Gasteiger charge is 2.01. The molecular weight excluding hydrogens is 152 g/mol. The first-order valence-corrected chi connectivity index (χ1v) is 3.71. The molecule has 0 amide bonds. The summed E-state index contributed by atoms with van der Waals surface area (Å²) in [5.41, 5.74) is 1.47. The van der Waals surface area contributed by atoms with Crippen LogP contribution in [0.4, 0.5) is 0 Å². The minimum absolute atomic E-state index is 0.0469. The third-order valence-electron chi connectivity index (χ3n) is 1.81. The summed E-state index contributed by atoms with van der Waals surface area (Å²) in [4.78, 5) is 18.0. The van der Waals surface area contributed by atoms with E-state index < -0.39 is 0 Å². The fraction of sp³-hybridized carbons (Fsp3) is 0.111. The van der Waals surface area contributed by atoms with Gasteiger partial charge in [0.05, 0.1) is 0 Å².